The van der Waals surface area contributed by atoms with Crippen LogP contribution in [0.5, 0.6) is 0 Å². The number of benzene rings is 2. The molecule has 2 N–H and O–H groups in total. The summed E-state index contributed by atoms with van der Waals surface area (Å²) in [4.78, 5) is 24.1. The molecule has 0 aliphatic carbocycles. The second-order valence-electron chi connectivity index (χ2n) is 5.81. The van der Waals surface area contributed by atoms with Crippen molar-refractivity contribution in [1.82, 2.24) is 0 Å². The van der Waals surface area contributed by atoms with Crippen molar-refractivity contribution in [2.45, 2.75) is 20.3 Å². The van der Waals surface area contributed by atoms with E-state index >= 15 is 0 Å². The maximum absolute atomic E-state index is 12.3. The molecule has 2 amide bonds. The summed E-state index contributed by atoms with van der Waals surface area (Å²) in [5.41, 5.74) is 1.52. The van der Waals surface area contributed by atoms with Gasteiger partial charge in [-0.1, -0.05) is 43.1 Å². The second-order valence-corrected chi connectivity index (χ2v) is 6.65. The van der Waals surface area contributed by atoms with Gasteiger partial charge in [-0.05, 0) is 42.3 Å². The highest BCUT2D eigenvalue weighted by molar-refractivity contribution is 6.37. The van der Waals surface area contributed by atoms with Crippen molar-refractivity contribution in [2.75, 3.05) is 10.6 Å². The van der Waals surface area contributed by atoms with Crippen LogP contribution in [0.3, 0.4) is 0 Å². The molecule has 0 spiro atoms. The topological polar surface area (TPSA) is 58.2 Å². The van der Waals surface area contributed by atoms with Gasteiger partial charge in [-0.3, -0.25) is 9.59 Å². The SMILES string of the molecule is CC(C)CC(=O)Nc1cccc(NC(=O)c2ccc(Cl)cc2Cl)c1. The highest BCUT2D eigenvalue weighted by Crippen LogP contribution is 2.23. The Hall–Kier alpha value is -2.04. The molecule has 0 bridgehead atoms. The van der Waals surface area contributed by atoms with Crippen molar-refractivity contribution in [1.29, 1.82) is 0 Å². The minimum Gasteiger partial charge on any atom is -0.326 e. The van der Waals surface area contributed by atoms with E-state index in [0.29, 0.717) is 28.4 Å². The normalized spacial score (nSPS) is 10.5. The third-order valence-corrected chi connectivity index (χ3v) is 3.72. The van der Waals surface area contributed by atoms with Gasteiger partial charge in [0, 0.05) is 22.8 Å². The van der Waals surface area contributed by atoms with Crippen molar-refractivity contribution in [3.05, 3.63) is 58.1 Å². The summed E-state index contributed by atoms with van der Waals surface area (Å²) < 4.78 is 0. The zero-order valence-electron chi connectivity index (χ0n) is 13.4. The van der Waals surface area contributed by atoms with E-state index in [2.05, 4.69) is 10.6 Å². The van der Waals surface area contributed by atoms with Gasteiger partial charge >= 0.3 is 0 Å². The molecule has 6 heteroatoms. The highest BCUT2D eigenvalue weighted by Gasteiger charge is 2.12. The van der Waals surface area contributed by atoms with Crippen LogP contribution in [0, 0.1) is 5.92 Å². The molecular formula is C18H18Cl2N2O2. The maximum atomic E-state index is 12.3. The number of carbonyl (C=O) groups is 2. The summed E-state index contributed by atoms with van der Waals surface area (Å²) in [6, 6.07) is 11.6. The Labute approximate surface area is 151 Å². The van der Waals surface area contributed by atoms with Gasteiger partial charge in [0.05, 0.1) is 10.6 Å². The molecule has 4 nitrogen and oxygen atoms in total. The average molecular weight is 365 g/mol. The quantitative estimate of drug-likeness (QED) is 0.762. The fraction of sp³-hybridized carbons (Fsp3) is 0.222. The third kappa shape index (κ3) is 5.25. The molecule has 24 heavy (non-hydrogen) atoms. The molecule has 0 heterocycles. The van der Waals surface area contributed by atoms with Crippen LogP contribution in [0.1, 0.15) is 30.6 Å². The Bertz CT molecular complexity index is 760. The number of anilines is 2. The maximum Gasteiger partial charge on any atom is 0.257 e. The summed E-state index contributed by atoms with van der Waals surface area (Å²) in [7, 11) is 0. The molecule has 0 radical (unpaired) electrons. The predicted octanol–water partition coefficient (Wildman–Crippen LogP) is 5.23. The molecule has 0 aromatic heterocycles. The summed E-state index contributed by atoms with van der Waals surface area (Å²) in [6.07, 6.45) is 0.441. The van der Waals surface area contributed by atoms with Crippen LogP contribution in [0.15, 0.2) is 42.5 Å². The fourth-order valence-corrected chi connectivity index (χ4v) is 2.62. The molecule has 126 valence electrons. The zero-order chi connectivity index (χ0) is 17.7. The van der Waals surface area contributed by atoms with Crippen molar-refractivity contribution >= 4 is 46.4 Å². The molecule has 2 aromatic rings. The minimum absolute atomic E-state index is 0.0609. The summed E-state index contributed by atoms with van der Waals surface area (Å²) >= 11 is 11.9. The number of rotatable bonds is 5. The standard InChI is InChI=1S/C18H18Cl2N2O2/c1-11(2)8-17(23)21-13-4-3-5-14(10-13)22-18(24)15-7-6-12(19)9-16(15)20/h3-7,9-11H,8H2,1-2H3,(H,21,23)(H,22,24). The van der Waals surface area contributed by atoms with Crippen molar-refractivity contribution in [3.8, 4) is 0 Å². The van der Waals surface area contributed by atoms with Crippen LogP contribution in [0.2, 0.25) is 10.0 Å². The van der Waals surface area contributed by atoms with E-state index < -0.39 is 0 Å². The van der Waals surface area contributed by atoms with E-state index in [0.717, 1.165) is 0 Å². The Kier molecular flexibility index (Phi) is 6.23. The molecule has 0 saturated carbocycles. The Morgan fingerprint density at radius 2 is 1.67 bits per heavy atom. The van der Waals surface area contributed by atoms with Gasteiger partial charge in [0.25, 0.3) is 5.91 Å². The molecule has 0 saturated heterocycles. The molecule has 0 aliphatic rings. The van der Waals surface area contributed by atoms with E-state index in [-0.39, 0.29) is 22.8 Å². The first-order valence-corrected chi connectivity index (χ1v) is 8.27. The molecule has 0 aliphatic heterocycles. The first-order chi connectivity index (χ1) is 11.3. The monoisotopic (exact) mass is 364 g/mol. The van der Waals surface area contributed by atoms with Gasteiger partial charge in [-0.15, -0.1) is 0 Å². The highest BCUT2D eigenvalue weighted by atomic mass is 35.5. The number of amides is 2. The van der Waals surface area contributed by atoms with Gasteiger partial charge in [-0.2, -0.15) is 0 Å². The Morgan fingerprint density at radius 3 is 2.29 bits per heavy atom. The predicted molar refractivity (Wildman–Crippen MR) is 98.9 cm³/mol. The first-order valence-electron chi connectivity index (χ1n) is 7.51. The fourth-order valence-electron chi connectivity index (χ4n) is 2.13. The molecule has 2 rings (SSSR count). The minimum atomic E-state index is -0.345. The lowest BCUT2D eigenvalue weighted by Crippen LogP contribution is -2.15. The summed E-state index contributed by atoms with van der Waals surface area (Å²) in [5.74, 6) is -0.128. The number of nitrogens with one attached hydrogen (secondary N) is 2. The van der Waals surface area contributed by atoms with Gasteiger partial charge in [0.15, 0.2) is 0 Å². The van der Waals surface area contributed by atoms with Gasteiger partial charge < -0.3 is 10.6 Å². The molecular weight excluding hydrogens is 347 g/mol. The Balaban J connectivity index is 2.08. The Morgan fingerprint density at radius 1 is 1.00 bits per heavy atom. The van der Waals surface area contributed by atoms with Crippen molar-refractivity contribution < 1.29 is 9.59 Å². The zero-order valence-corrected chi connectivity index (χ0v) is 14.9. The van der Waals surface area contributed by atoms with Crippen LogP contribution in [-0.2, 0) is 4.79 Å². The lowest BCUT2D eigenvalue weighted by Gasteiger charge is -2.10. The van der Waals surface area contributed by atoms with E-state index in [9.17, 15) is 9.59 Å². The lowest BCUT2D eigenvalue weighted by molar-refractivity contribution is -0.116. The van der Waals surface area contributed by atoms with Gasteiger partial charge in [0.2, 0.25) is 5.91 Å². The van der Waals surface area contributed by atoms with Crippen LogP contribution < -0.4 is 10.6 Å². The smallest absolute Gasteiger partial charge is 0.257 e. The van der Waals surface area contributed by atoms with Gasteiger partial charge in [-0.25, -0.2) is 0 Å². The molecule has 2 aromatic carbocycles. The van der Waals surface area contributed by atoms with E-state index in [1.807, 2.05) is 13.8 Å². The van der Waals surface area contributed by atoms with Crippen LogP contribution in [-0.4, -0.2) is 11.8 Å². The van der Waals surface area contributed by atoms with Crippen LogP contribution in [0.25, 0.3) is 0 Å². The lowest BCUT2D eigenvalue weighted by atomic mass is 10.1. The van der Waals surface area contributed by atoms with E-state index in [4.69, 9.17) is 23.2 Å². The van der Waals surface area contributed by atoms with Crippen molar-refractivity contribution in [2.24, 2.45) is 5.92 Å². The molecule has 0 atom stereocenters. The number of hydrogen-bond donors (Lipinski definition) is 2. The second kappa shape index (κ2) is 8.18. The third-order valence-electron chi connectivity index (χ3n) is 3.17. The summed E-state index contributed by atoms with van der Waals surface area (Å²) in [5, 5.41) is 6.31. The summed E-state index contributed by atoms with van der Waals surface area (Å²) in [6.45, 7) is 3.96. The van der Waals surface area contributed by atoms with E-state index in [1.165, 1.54) is 6.07 Å². The van der Waals surface area contributed by atoms with E-state index in [1.54, 1.807) is 36.4 Å². The first kappa shape index (κ1) is 18.3. The largest absolute Gasteiger partial charge is 0.326 e. The number of carbonyl (C=O) groups excluding carboxylic acids is 2. The number of hydrogen-bond acceptors (Lipinski definition) is 2. The van der Waals surface area contributed by atoms with Crippen molar-refractivity contribution in [3.63, 3.8) is 0 Å². The number of halogens is 2. The van der Waals surface area contributed by atoms with Gasteiger partial charge in [0.1, 0.15) is 0 Å². The van der Waals surface area contributed by atoms with Crippen LogP contribution in [0.4, 0.5) is 11.4 Å². The molecule has 0 unspecified atom stereocenters. The average Bonchev–Trinajstić information content (AvgIpc) is 2.46. The van der Waals surface area contributed by atoms with Crippen LogP contribution >= 0.6 is 23.2 Å². The molecule has 0 fully saturated rings.